The quantitative estimate of drug-likeness (QED) is 0.840. The predicted octanol–water partition coefficient (Wildman–Crippen LogP) is 3.50. The molecule has 6 heteroatoms. The van der Waals surface area contributed by atoms with Gasteiger partial charge in [-0.15, -0.1) is 5.10 Å². The molecule has 0 aliphatic carbocycles. The van der Waals surface area contributed by atoms with Crippen molar-refractivity contribution in [1.82, 2.24) is 15.2 Å². The molecule has 2 rings (SSSR count). The maximum atomic E-state index is 6.04. The number of hydrogen-bond acceptors (Lipinski definition) is 3. The molecule has 0 aliphatic rings. The summed E-state index contributed by atoms with van der Waals surface area (Å²) in [6, 6.07) is 5.26. The third kappa shape index (κ3) is 2.27. The molecule has 0 fully saturated rings. The minimum Gasteiger partial charge on any atom is -0.258 e. The Labute approximate surface area is 101 Å². The second-order valence-electron chi connectivity index (χ2n) is 2.79. The van der Waals surface area contributed by atoms with Crippen molar-refractivity contribution in [2.75, 3.05) is 6.26 Å². The number of H-pyrrole nitrogens is 1. The average Bonchev–Trinajstić information content (AvgIpc) is 2.66. The lowest BCUT2D eigenvalue weighted by atomic mass is 10.2. The zero-order chi connectivity index (χ0) is 10.8. The summed E-state index contributed by atoms with van der Waals surface area (Å²) in [5.74, 6) is 0.654. The van der Waals surface area contributed by atoms with E-state index < -0.39 is 0 Å². The number of thioether (sulfide) groups is 1. The van der Waals surface area contributed by atoms with Gasteiger partial charge in [0.15, 0.2) is 5.82 Å². The standard InChI is InChI=1S/C9H7Cl2N3S/c1-15-9-12-8(13-14-9)6-3-2-5(10)4-7(6)11/h2-4H,1H3,(H,12,13,14). The molecule has 0 saturated heterocycles. The van der Waals surface area contributed by atoms with Crippen molar-refractivity contribution >= 4 is 35.0 Å². The SMILES string of the molecule is CSc1n[nH]c(-c2ccc(Cl)cc2Cl)n1. The van der Waals surface area contributed by atoms with Crippen LogP contribution in [0.3, 0.4) is 0 Å². The Morgan fingerprint density at radius 1 is 1.33 bits per heavy atom. The molecule has 0 atom stereocenters. The number of benzene rings is 1. The van der Waals surface area contributed by atoms with Gasteiger partial charge in [-0.1, -0.05) is 35.0 Å². The maximum Gasteiger partial charge on any atom is 0.208 e. The van der Waals surface area contributed by atoms with Crippen LogP contribution in [0, 0.1) is 0 Å². The molecule has 0 bridgehead atoms. The second-order valence-corrected chi connectivity index (χ2v) is 4.41. The molecule has 1 N–H and O–H groups in total. The van der Waals surface area contributed by atoms with Gasteiger partial charge in [0.1, 0.15) is 0 Å². The van der Waals surface area contributed by atoms with Crippen LogP contribution in [0.5, 0.6) is 0 Å². The molecular weight excluding hydrogens is 253 g/mol. The van der Waals surface area contributed by atoms with Gasteiger partial charge in [0.2, 0.25) is 5.16 Å². The van der Waals surface area contributed by atoms with Crippen molar-refractivity contribution in [3.63, 3.8) is 0 Å². The molecule has 0 radical (unpaired) electrons. The lowest BCUT2D eigenvalue weighted by molar-refractivity contribution is 0.976. The van der Waals surface area contributed by atoms with Crippen LogP contribution in [0.25, 0.3) is 11.4 Å². The van der Waals surface area contributed by atoms with Crippen LogP contribution < -0.4 is 0 Å². The first-order chi connectivity index (χ1) is 7.20. The fourth-order valence-electron chi connectivity index (χ4n) is 1.14. The van der Waals surface area contributed by atoms with Crippen molar-refractivity contribution in [1.29, 1.82) is 0 Å². The van der Waals surface area contributed by atoms with Gasteiger partial charge in [-0.25, -0.2) is 4.98 Å². The van der Waals surface area contributed by atoms with E-state index in [9.17, 15) is 0 Å². The first kappa shape index (κ1) is 10.8. The van der Waals surface area contributed by atoms with Crippen LogP contribution in [0.1, 0.15) is 0 Å². The van der Waals surface area contributed by atoms with Crippen molar-refractivity contribution in [2.45, 2.75) is 5.16 Å². The highest BCUT2D eigenvalue weighted by Crippen LogP contribution is 2.28. The Hall–Kier alpha value is -0.710. The first-order valence-electron chi connectivity index (χ1n) is 4.12. The molecular formula is C9H7Cl2N3S. The molecule has 2 aromatic rings. The second kappa shape index (κ2) is 4.43. The number of aromatic nitrogens is 3. The van der Waals surface area contributed by atoms with Gasteiger partial charge in [-0.3, -0.25) is 5.10 Å². The Bertz CT molecular complexity index is 484. The summed E-state index contributed by atoms with van der Waals surface area (Å²) in [6.07, 6.45) is 1.91. The largest absolute Gasteiger partial charge is 0.258 e. The van der Waals surface area contributed by atoms with Crippen LogP contribution >= 0.6 is 35.0 Å². The number of hydrogen-bond donors (Lipinski definition) is 1. The molecule has 1 aromatic heterocycles. The van der Waals surface area contributed by atoms with Gasteiger partial charge in [0, 0.05) is 10.6 Å². The highest BCUT2D eigenvalue weighted by Gasteiger charge is 2.08. The number of nitrogens with zero attached hydrogens (tertiary/aromatic N) is 2. The van der Waals surface area contributed by atoms with Crippen LogP contribution in [0.2, 0.25) is 10.0 Å². The fraction of sp³-hybridized carbons (Fsp3) is 0.111. The van der Waals surface area contributed by atoms with Gasteiger partial charge >= 0.3 is 0 Å². The van der Waals surface area contributed by atoms with E-state index in [-0.39, 0.29) is 0 Å². The summed E-state index contributed by atoms with van der Waals surface area (Å²) in [7, 11) is 0. The molecule has 78 valence electrons. The maximum absolute atomic E-state index is 6.04. The molecule has 0 aliphatic heterocycles. The molecule has 1 heterocycles. The third-order valence-corrected chi connectivity index (χ3v) is 2.93. The van der Waals surface area contributed by atoms with Crippen molar-refractivity contribution in [3.8, 4) is 11.4 Å². The lowest BCUT2D eigenvalue weighted by Crippen LogP contribution is -1.82. The highest BCUT2D eigenvalue weighted by molar-refractivity contribution is 7.98. The van der Waals surface area contributed by atoms with E-state index >= 15 is 0 Å². The van der Waals surface area contributed by atoms with E-state index in [0.29, 0.717) is 21.0 Å². The normalized spacial score (nSPS) is 10.6. The molecule has 15 heavy (non-hydrogen) atoms. The van der Waals surface area contributed by atoms with Gasteiger partial charge in [-0.05, 0) is 24.5 Å². The summed E-state index contributed by atoms with van der Waals surface area (Å²) in [6.45, 7) is 0. The topological polar surface area (TPSA) is 41.6 Å². The molecule has 0 unspecified atom stereocenters. The van der Waals surface area contributed by atoms with Crippen LogP contribution in [0.15, 0.2) is 23.4 Å². The van der Waals surface area contributed by atoms with Crippen LogP contribution in [0.4, 0.5) is 0 Å². The third-order valence-electron chi connectivity index (χ3n) is 1.83. The van der Waals surface area contributed by atoms with E-state index in [1.54, 1.807) is 12.1 Å². The zero-order valence-corrected chi connectivity index (χ0v) is 10.1. The van der Waals surface area contributed by atoms with Crippen molar-refractivity contribution in [3.05, 3.63) is 28.2 Å². The van der Waals surface area contributed by atoms with Crippen molar-refractivity contribution in [2.24, 2.45) is 0 Å². The van der Waals surface area contributed by atoms with E-state index in [2.05, 4.69) is 15.2 Å². The smallest absolute Gasteiger partial charge is 0.208 e. The number of nitrogens with one attached hydrogen (secondary N) is 1. The molecule has 1 aromatic carbocycles. The van der Waals surface area contributed by atoms with E-state index in [4.69, 9.17) is 23.2 Å². The highest BCUT2D eigenvalue weighted by atomic mass is 35.5. The minimum absolute atomic E-state index is 0.561. The number of halogens is 2. The summed E-state index contributed by atoms with van der Waals surface area (Å²) in [5.41, 5.74) is 0.800. The first-order valence-corrected chi connectivity index (χ1v) is 6.10. The average molecular weight is 260 g/mol. The Morgan fingerprint density at radius 3 is 2.73 bits per heavy atom. The minimum atomic E-state index is 0.561. The summed E-state index contributed by atoms with van der Waals surface area (Å²) >= 11 is 13.3. The lowest BCUT2D eigenvalue weighted by Gasteiger charge is -1.99. The summed E-state index contributed by atoms with van der Waals surface area (Å²) < 4.78 is 0. The number of rotatable bonds is 2. The van der Waals surface area contributed by atoms with E-state index in [0.717, 1.165) is 5.56 Å². The molecule has 3 nitrogen and oxygen atoms in total. The van der Waals surface area contributed by atoms with Gasteiger partial charge in [0.05, 0.1) is 5.02 Å². The van der Waals surface area contributed by atoms with E-state index in [1.165, 1.54) is 11.8 Å². The van der Waals surface area contributed by atoms with E-state index in [1.807, 2.05) is 12.3 Å². The van der Waals surface area contributed by atoms with Crippen molar-refractivity contribution < 1.29 is 0 Å². The molecule has 0 spiro atoms. The Morgan fingerprint density at radius 2 is 2.13 bits per heavy atom. The molecule has 0 amide bonds. The number of aromatic amines is 1. The Kier molecular flexibility index (Phi) is 3.19. The zero-order valence-electron chi connectivity index (χ0n) is 7.79. The Balaban J connectivity index is 2.44. The van der Waals surface area contributed by atoms with Gasteiger partial charge < -0.3 is 0 Å². The summed E-state index contributed by atoms with van der Waals surface area (Å²) in [5, 5.41) is 8.69. The van der Waals surface area contributed by atoms with Gasteiger partial charge in [0.25, 0.3) is 0 Å². The predicted molar refractivity (Wildman–Crippen MR) is 63.6 cm³/mol. The summed E-state index contributed by atoms with van der Waals surface area (Å²) in [4.78, 5) is 4.26. The molecule has 0 saturated carbocycles. The monoisotopic (exact) mass is 259 g/mol. The van der Waals surface area contributed by atoms with Gasteiger partial charge in [-0.2, -0.15) is 0 Å². The van der Waals surface area contributed by atoms with Crippen LogP contribution in [-0.4, -0.2) is 21.4 Å². The fourth-order valence-corrected chi connectivity index (χ4v) is 1.96. The van der Waals surface area contributed by atoms with Crippen LogP contribution in [-0.2, 0) is 0 Å².